The van der Waals surface area contributed by atoms with Crippen LogP contribution in [0.5, 0.6) is 5.75 Å². The Labute approximate surface area is 124 Å². The summed E-state index contributed by atoms with van der Waals surface area (Å²) in [7, 11) is 0. The van der Waals surface area contributed by atoms with Gasteiger partial charge in [-0.3, -0.25) is 4.79 Å². The third-order valence-electron chi connectivity index (χ3n) is 3.07. The van der Waals surface area contributed by atoms with Crippen molar-refractivity contribution in [2.45, 2.75) is 6.61 Å². The van der Waals surface area contributed by atoms with E-state index in [1.54, 1.807) is 12.3 Å². The van der Waals surface area contributed by atoms with Crippen molar-refractivity contribution in [2.75, 3.05) is 0 Å². The Morgan fingerprint density at radius 3 is 2.65 bits per heavy atom. The van der Waals surface area contributed by atoms with Gasteiger partial charge in [0.25, 0.3) is 0 Å². The molecule has 100 valence electrons. The quantitative estimate of drug-likeness (QED) is 0.792. The fourth-order valence-electron chi connectivity index (χ4n) is 2.05. The van der Waals surface area contributed by atoms with Gasteiger partial charge in [0.2, 0.25) is 5.43 Å². The normalized spacial score (nSPS) is 10.7. The number of fused-ring (bicyclic) bond motifs is 1. The molecule has 4 heteroatoms. The lowest BCUT2D eigenvalue weighted by atomic mass is 10.2. The third kappa shape index (κ3) is 2.47. The van der Waals surface area contributed by atoms with Crippen LogP contribution in [-0.2, 0) is 6.61 Å². The first-order chi connectivity index (χ1) is 9.75. The minimum Gasteiger partial charge on any atom is -0.487 e. The molecule has 0 bridgehead atoms. The third-order valence-corrected chi connectivity index (χ3v) is 3.66. The summed E-state index contributed by atoms with van der Waals surface area (Å²) in [6.45, 7) is 0.470. The maximum absolute atomic E-state index is 12.0. The molecule has 3 nitrogen and oxygen atoms in total. The van der Waals surface area contributed by atoms with Gasteiger partial charge in [-0.25, -0.2) is 0 Å². The number of para-hydroxylation sites is 1. The second-order valence-corrected chi connectivity index (χ2v) is 5.27. The predicted octanol–water partition coefficient (Wildman–Crippen LogP) is 3.87. The Morgan fingerprint density at radius 1 is 1.05 bits per heavy atom. The molecule has 0 spiro atoms. The van der Waals surface area contributed by atoms with E-state index in [-0.39, 0.29) is 5.43 Å². The summed E-state index contributed by atoms with van der Waals surface area (Å²) in [5.74, 6) is 0.677. The van der Waals surface area contributed by atoms with E-state index in [0.717, 1.165) is 11.1 Å². The molecule has 1 aromatic heterocycles. The number of nitrogens with one attached hydrogen (secondary N) is 1. The van der Waals surface area contributed by atoms with E-state index in [9.17, 15) is 4.79 Å². The SMILES string of the molecule is O=c1c(Br)c[nH]c2c(OCc3ccccc3)cccc12. The molecule has 1 N–H and O–H groups in total. The highest BCUT2D eigenvalue weighted by atomic mass is 79.9. The summed E-state index contributed by atoms with van der Waals surface area (Å²) in [6.07, 6.45) is 1.64. The zero-order chi connectivity index (χ0) is 13.9. The summed E-state index contributed by atoms with van der Waals surface area (Å²) >= 11 is 3.23. The molecular weight excluding hydrogens is 318 g/mol. The zero-order valence-electron chi connectivity index (χ0n) is 10.6. The van der Waals surface area contributed by atoms with Gasteiger partial charge in [0, 0.05) is 6.20 Å². The Bertz CT molecular complexity index is 796. The van der Waals surface area contributed by atoms with Gasteiger partial charge < -0.3 is 9.72 Å². The minimum absolute atomic E-state index is 0.0380. The highest BCUT2D eigenvalue weighted by Crippen LogP contribution is 2.23. The first kappa shape index (κ1) is 12.9. The number of H-pyrrole nitrogens is 1. The van der Waals surface area contributed by atoms with Crippen LogP contribution < -0.4 is 10.2 Å². The molecule has 0 saturated heterocycles. The van der Waals surface area contributed by atoms with Crippen LogP contribution in [0.3, 0.4) is 0 Å². The molecule has 0 saturated carbocycles. The number of pyridine rings is 1. The smallest absolute Gasteiger partial charge is 0.203 e. The Hall–Kier alpha value is -2.07. The summed E-state index contributed by atoms with van der Waals surface area (Å²) < 4.78 is 6.33. The van der Waals surface area contributed by atoms with Crippen LogP contribution in [0.25, 0.3) is 10.9 Å². The molecule has 20 heavy (non-hydrogen) atoms. The lowest BCUT2D eigenvalue weighted by Gasteiger charge is -2.09. The molecule has 0 radical (unpaired) electrons. The Kier molecular flexibility index (Phi) is 3.56. The monoisotopic (exact) mass is 329 g/mol. The molecule has 0 fully saturated rings. The van der Waals surface area contributed by atoms with Crippen LogP contribution in [0.15, 0.2) is 64.0 Å². The molecular formula is C16H12BrNO2. The van der Waals surface area contributed by atoms with Crippen LogP contribution in [0, 0.1) is 0 Å². The van der Waals surface area contributed by atoms with Gasteiger partial charge in [0.15, 0.2) is 0 Å². The van der Waals surface area contributed by atoms with Crippen molar-refractivity contribution < 1.29 is 4.74 Å². The van der Waals surface area contributed by atoms with Crippen molar-refractivity contribution in [3.8, 4) is 5.75 Å². The van der Waals surface area contributed by atoms with Gasteiger partial charge in [-0.1, -0.05) is 36.4 Å². The first-order valence-corrected chi connectivity index (χ1v) is 7.01. The van der Waals surface area contributed by atoms with Gasteiger partial charge in [0.05, 0.1) is 15.4 Å². The van der Waals surface area contributed by atoms with E-state index in [1.807, 2.05) is 42.5 Å². The summed E-state index contributed by atoms with van der Waals surface area (Å²) in [4.78, 5) is 15.1. The predicted molar refractivity (Wildman–Crippen MR) is 83.0 cm³/mol. The standard InChI is InChI=1S/C16H12BrNO2/c17-13-9-18-15-12(16(13)19)7-4-8-14(15)20-10-11-5-2-1-3-6-11/h1-9H,10H2,(H,18,19). The minimum atomic E-state index is -0.0380. The first-order valence-electron chi connectivity index (χ1n) is 6.22. The number of rotatable bonds is 3. The second kappa shape index (κ2) is 5.51. The number of hydrogen-bond donors (Lipinski definition) is 1. The number of hydrogen-bond acceptors (Lipinski definition) is 2. The molecule has 0 aliphatic heterocycles. The number of ether oxygens (including phenoxy) is 1. The molecule has 0 unspecified atom stereocenters. The number of aromatic amines is 1. The van der Waals surface area contributed by atoms with Crippen LogP contribution in [-0.4, -0.2) is 4.98 Å². The van der Waals surface area contributed by atoms with Gasteiger partial charge in [-0.15, -0.1) is 0 Å². The lowest BCUT2D eigenvalue weighted by molar-refractivity contribution is 0.309. The molecule has 3 rings (SSSR count). The maximum Gasteiger partial charge on any atom is 0.203 e. The van der Waals surface area contributed by atoms with Crippen molar-refractivity contribution in [3.63, 3.8) is 0 Å². The Balaban J connectivity index is 1.96. The summed E-state index contributed by atoms with van der Waals surface area (Å²) in [5, 5.41) is 0.616. The van der Waals surface area contributed by atoms with Crippen molar-refractivity contribution in [1.82, 2.24) is 4.98 Å². The van der Waals surface area contributed by atoms with Crippen molar-refractivity contribution in [2.24, 2.45) is 0 Å². The van der Waals surface area contributed by atoms with Crippen molar-refractivity contribution >= 4 is 26.8 Å². The van der Waals surface area contributed by atoms with E-state index in [0.29, 0.717) is 22.2 Å². The maximum atomic E-state index is 12.0. The molecule has 0 aliphatic carbocycles. The van der Waals surface area contributed by atoms with Gasteiger partial charge in [0.1, 0.15) is 12.4 Å². The summed E-state index contributed by atoms with van der Waals surface area (Å²) in [5.41, 5.74) is 1.77. The van der Waals surface area contributed by atoms with E-state index < -0.39 is 0 Å². The number of benzene rings is 2. The fraction of sp³-hybridized carbons (Fsp3) is 0.0625. The fourth-order valence-corrected chi connectivity index (χ4v) is 2.38. The van der Waals surface area contributed by atoms with E-state index in [2.05, 4.69) is 20.9 Å². The molecule has 0 atom stereocenters. The highest BCUT2D eigenvalue weighted by Gasteiger charge is 2.07. The van der Waals surface area contributed by atoms with Crippen LogP contribution in [0.1, 0.15) is 5.56 Å². The van der Waals surface area contributed by atoms with Gasteiger partial charge in [-0.2, -0.15) is 0 Å². The second-order valence-electron chi connectivity index (χ2n) is 4.42. The van der Waals surface area contributed by atoms with Crippen LogP contribution in [0.4, 0.5) is 0 Å². The number of halogens is 1. The molecule has 0 aliphatic rings. The van der Waals surface area contributed by atoms with Gasteiger partial charge in [-0.05, 0) is 33.6 Å². The summed E-state index contributed by atoms with van der Waals surface area (Å²) in [6, 6.07) is 15.4. The molecule has 2 aromatic carbocycles. The molecule has 0 amide bonds. The van der Waals surface area contributed by atoms with E-state index in [4.69, 9.17) is 4.74 Å². The van der Waals surface area contributed by atoms with Gasteiger partial charge >= 0.3 is 0 Å². The largest absolute Gasteiger partial charge is 0.487 e. The Morgan fingerprint density at radius 2 is 1.85 bits per heavy atom. The van der Waals surface area contributed by atoms with Crippen LogP contribution >= 0.6 is 15.9 Å². The number of aromatic nitrogens is 1. The molecule has 1 heterocycles. The van der Waals surface area contributed by atoms with Crippen molar-refractivity contribution in [1.29, 1.82) is 0 Å². The van der Waals surface area contributed by atoms with E-state index in [1.165, 1.54) is 0 Å². The topological polar surface area (TPSA) is 42.1 Å². The average molecular weight is 330 g/mol. The lowest BCUT2D eigenvalue weighted by Crippen LogP contribution is -2.05. The van der Waals surface area contributed by atoms with E-state index >= 15 is 0 Å². The highest BCUT2D eigenvalue weighted by molar-refractivity contribution is 9.10. The van der Waals surface area contributed by atoms with Crippen LogP contribution in [0.2, 0.25) is 0 Å². The molecule has 3 aromatic rings. The average Bonchev–Trinajstić information content (AvgIpc) is 2.50. The zero-order valence-corrected chi connectivity index (χ0v) is 12.2. The van der Waals surface area contributed by atoms with Crippen molar-refractivity contribution in [3.05, 3.63) is 75.0 Å².